The third kappa shape index (κ3) is 5.28. The number of methoxy groups -OCH3 is 2. The van der Waals surface area contributed by atoms with Gasteiger partial charge in [0.2, 0.25) is 0 Å². The Morgan fingerprint density at radius 3 is 2.41 bits per heavy atom. The fraction of sp³-hybridized carbons (Fsp3) is 0.381. The maximum atomic E-state index is 6.11. The first-order valence-corrected chi connectivity index (χ1v) is 8.94. The Balaban J connectivity index is 0.00000261. The average molecular weight is 481 g/mol. The molecule has 1 saturated carbocycles. The van der Waals surface area contributed by atoms with Gasteiger partial charge in [0.15, 0.2) is 5.96 Å². The van der Waals surface area contributed by atoms with E-state index in [0.717, 1.165) is 17.9 Å². The fourth-order valence-electron chi connectivity index (χ4n) is 3.07. The molecule has 27 heavy (non-hydrogen) atoms. The molecule has 0 saturated heterocycles. The van der Waals surface area contributed by atoms with Gasteiger partial charge < -0.3 is 20.5 Å². The van der Waals surface area contributed by atoms with E-state index in [-0.39, 0.29) is 30.0 Å². The van der Waals surface area contributed by atoms with Crippen molar-refractivity contribution >= 4 is 35.6 Å². The predicted octanol–water partition coefficient (Wildman–Crippen LogP) is 4.73. The fourth-order valence-corrected chi connectivity index (χ4v) is 3.07. The molecule has 6 heteroatoms. The first-order chi connectivity index (χ1) is 12.5. The molecule has 2 aromatic carbocycles. The van der Waals surface area contributed by atoms with E-state index < -0.39 is 0 Å². The molecule has 2 unspecified atom stereocenters. The Kier molecular flexibility index (Phi) is 7.35. The number of halogens is 1. The van der Waals surface area contributed by atoms with Crippen molar-refractivity contribution in [2.45, 2.75) is 38.1 Å². The molecule has 1 aliphatic carbocycles. The van der Waals surface area contributed by atoms with Crippen molar-refractivity contribution in [2.24, 2.45) is 10.7 Å². The Morgan fingerprint density at radius 2 is 1.81 bits per heavy atom. The van der Waals surface area contributed by atoms with Crippen LogP contribution in [0.15, 0.2) is 47.5 Å². The molecule has 2 aromatic rings. The van der Waals surface area contributed by atoms with Crippen LogP contribution in [-0.4, -0.2) is 26.2 Å². The van der Waals surface area contributed by atoms with Crippen molar-refractivity contribution in [3.8, 4) is 11.5 Å². The zero-order valence-corrected chi connectivity index (χ0v) is 18.6. The number of benzene rings is 2. The van der Waals surface area contributed by atoms with E-state index in [4.69, 9.17) is 15.2 Å². The highest BCUT2D eigenvalue weighted by molar-refractivity contribution is 14.0. The van der Waals surface area contributed by atoms with Crippen LogP contribution in [0.3, 0.4) is 0 Å². The van der Waals surface area contributed by atoms with E-state index in [1.54, 1.807) is 14.2 Å². The molecule has 3 rings (SSSR count). The number of guanidine groups is 1. The van der Waals surface area contributed by atoms with E-state index in [2.05, 4.69) is 48.4 Å². The van der Waals surface area contributed by atoms with E-state index in [9.17, 15) is 0 Å². The summed E-state index contributed by atoms with van der Waals surface area (Å²) in [6, 6.07) is 14.6. The van der Waals surface area contributed by atoms with Crippen LogP contribution in [0, 0.1) is 0 Å². The minimum absolute atomic E-state index is 0. The number of ether oxygens (including phenoxy) is 2. The molecule has 3 N–H and O–H groups in total. The second-order valence-corrected chi connectivity index (χ2v) is 6.94. The summed E-state index contributed by atoms with van der Waals surface area (Å²) in [5.41, 5.74) is 9.54. The van der Waals surface area contributed by atoms with Gasteiger partial charge >= 0.3 is 0 Å². The number of nitrogens with one attached hydrogen (secondary N) is 1. The second kappa shape index (κ2) is 9.30. The molecule has 0 heterocycles. The molecule has 1 fully saturated rings. The lowest BCUT2D eigenvalue weighted by Crippen LogP contribution is -2.23. The van der Waals surface area contributed by atoms with Crippen molar-refractivity contribution in [1.82, 2.24) is 0 Å². The van der Waals surface area contributed by atoms with Gasteiger partial charge in [0, 0.05) is 12.0 Å². The molecule has 5 nitrogen and oxygen atoms in total. The lowest BCUT2D eigenvalue weighted by Gasteiger charge is -2.12. The van der Waals surface area contributed by atoms with Crippen LogP contribution >= 0.6 is 24.0 Å². The van der Waals surface area contributed by atoms with Gasteiger partial charge in [-0.3, -0.25) is 0 Å². The number of nitrogens with zero attached hydrogens (tertiary/aromatic N) is 1. The maximum Gasteiger partial charge on any atom is 0.193 e. The second-order valence-electron chi connectivity index (χ2n) is 6.94. The van der Waals surface area contributed by atoms with Gasteiger partial charge in [-0.2, -0.15) is 0 Å². The first kappa shape index (κ1) is 21.3. The number of hydrogen-bond donors (Lipinski definition) is 2. The van der Waals surface area contributed by atoms with Gasteiger partial charge in [-0.05, 0) is 35.6 Å². The van der Waals surface area contributed by atoms with Gasteiger partial charge in [-0.1, -0.05) is 38.1 Å². The smallest absolute Gasteiger partial charge is 0.193 e. The van der Waals surface area contributed by atoms with Crippen LogP contribution in [0.4, 0.5) is 5.69 Å². The molecule has 0 radical (unpaired) electrons. The monoisotopic (exact) mass is 481 g/mol. The summed E-state index contributed by atoms with van der Waals surface area (Å²) < 4.78 is 10.6. The largest absolute Gasteiger partial charge is 0.497 e. The minimum Gasteiger partial charge on any atom is -0.497 e. The Hall–Kier alpha value is -1.96. The standard InChI is InChI=1S/C21H27N3O2.HI/c1-13(2)14-5-7-15(8-6-14)17-12-18(17)23-21(22)24-19-11-16(25-3)9-10-20(19)26-4;/h5-11,13,17-18H,12H2,1-4H3,(H3,22,23,24);1H. The highest BCUT2D eigenvalue weighted by Gasteiger charge is 2.38. The van der Waals surface area contributed by atoms with Crippen LogP contribution in [-0.2, 0) is 0 Å². The number of nitrogens with two attached hydrogens (primary N) is 1. The average Bonchev–Trinajstić information content (AvgIpc) is 3.40. The van der Waals surface area contributed by atoms with E-state index in [1.165, 1.54) is 11.1 Å². The summed E-state index contributed by atoms with van der Waals surface area (Å²) >= 11 is 0. The Labute approximate surface area is 178 Å². The predicted molar refractivity (Wildman–Crippen MR) is 122 cm³/mol. The quantitative estimate of drug-likeness (QED) is 0.356. The SMILES string of the molecule is COc1ccc(OC)c(NC(N)=NC2CC2c2ccc(C(C)C)cc2)c1.I. The topological polar surface area (TPSA) is 68.9 Å². The molecule has 146 valence electrons. The third-order valence-corrected chi connectivity index (χ3v) is 4.76. The summed E-state index contributed by atoms with van der Waals surface area (Å²) in [7, 11) is 3.25. The Morgan fingerprint density at radius 1 is 1.11 bits per heavy atom. The number of anilines is 1. The van der Waals surface area contributed by atoms with Gasteiger partial charge in [0.25, 0.3) is 0 Å². The van der Waals surface area contributed by atoms with E-state index >= 15 is 0 Å². The molecule has 1 aliphatic rings. The molecular formula is C21H28IN3O2. The lowest BCUT2D eigenvalue weighted by atomic mass is 10.0. The molecule has 0 amide bonds. The highest BCUT2D eigenvalue weighted by Crippen LogP contribution is 2.43. The molecular weight excluding hydrogens is 453 g/mol. The Bertz CT molecular complexity index is 791. The van der Waals surface area contributed by atoms with Gasteiger partial charge in [-0.25, -0.2) is 4.99 Å². The summed E-state index contributed by atoms with van der Waals surface area (Å²) in [6.45, 7) is 4.41. The number of aliphatic imine (C=N–C) groups is 1. The third-order valence-electron chi connectivity index (χ3n) is 4.76. The van der Waals surface area contributed by atoms with Crippen LogP contribution < -0.4 is 20.5 Å². The zero-order chi connectivity index (χ0) is 18.7. The zero-order valence-electron chi connectivity index (χ0n) is 16.2. The maximum absolute atomic E-state index is 6.11. The van der Waals surface area contributed by atoms with E-state index in [0.29, 0.717) is 23.5 Å². The molecule has 0 spiro atoms. The van der Waals surface area contributed by atoms with Gasteiger partial charge in [0.1, 0.15) is 11.5 Å². The molecule has 0 aromatic heterocycles. The first-order valence-electron chi connectivity index (χ1n) is 8.94. The van der Waals surface area contributed by atoms with Crippen LogP contribution in [0.5, 0.6) is 11.5 Å². The van der Waals surface area contributed by atoms with Crippen molar-refractivity contribution in [1.29, 1.82) is 0 Å². The number of rotatable bonds is 6. The van der Waals surface area contributed by atoms with Crippen LogP contribution in [0.1, 0.15) is 43.2 Å². The van der Waals surface area contributed by atoms with Crippen LogP contribution in [0.25, 0.3) is 0 Å². The summed E-state index contributed by atoms with van der Waals surface area (Å²) in [5, 5.41) is 3.13. The number of hydrogen-bond acceptors (Lipinski definition) is 3. The molecule has 2 atom stereocenters. The summed E-state index contributed by atoms with van der Waals surface area (Å²) in [4.78, 5) is 4.62. The van der Waals surface area contributed by atoms with Crippen molar-refractivity contribution < 1.29 is 9.47 Å². The van der Waals surface area contributed by atoms with Gasteiger partial charge in [0.05, 0.1) is 25.9 Å². The minimum atomic E-state index is 0. The van der Waals surface area contributed by atoms with Gasteiger partial charge in [-0.15, -0.1) is 24.0 Å². The van der Waals surface area contributed by atoms with Crippen molar-refractivity contribution in [3.63, 3.8) is 0 Å². The normalized spacial score (nSPS) is 18.6. The molecule has 0 bridgehead atoms. The highest BCUT2D eigenvalue weighted by atomic mass is 127. The van der Waals surface area contributed by atoms with Crippen molar-refractivity contribution in [2.75, 3.05) is 19.5 Å². The summed E-state index contributed by atoms with van der Waals surface area (Å²) in [5.74, 6) is 2.82. The van der Waals surface area contributed by atoms with Crippen LogP contribution in [0.2, 0.25) is 0 Å². The van der Waals surface area contributed by atoms with Crippen molar-refractivity contribution in [3.05, 3.63) is 53.6 Å². The summed E-state index contributed by atoms with van der Waals surface area (Å²) in [6.07, 6.45) is 1.03. The molecule has 0 aliphatic heterocycles. The lowest BCUT2D eigenvalue weighted by molar-refractivity contribution is 0.405. The van der Waals surface area contributed by atoms with E-state index in [1.807, 2.05) is 18.2 Å².